The van der Waals surface area contributed by atoms with Crippen molar-refractivity contribution in [2.45, 2.75) is 25.2 Å². The largest absolute Gasteiger partial charge is 1.00 e. The molecule has 0 aromatic heterocycles. The van der Waals surface area contributed by atoms with Gasteiger partial charge in [0.05, 0.1) is 0 Å². The molecule has 0 radical (unpaired) electrons. The van der Waals surface area contributed by atoms with Crippen LogP contribution in [0.5, 0.6) is 0 Å². The van der Waals surface area contributed by atoms with Crippen LogP contribution in [-0.4, -0.2) is 24.4 Å². The fourth-order valence-corrected chi connectivity index (χ4v) is 1.43. The average molecular weight is 232 g/mol. The molecule has 14 heavy (non-hydrogen) atoms. The number of hydrogen-bond acceptors (Lipinski definition) is 4. The normalized spacial score (nSPS) is 12.4. The number of esters is 1. The molecule has 0 aromatic rings. The summed E-state index contributed by atoms with van der Waals surface area (Å²) < 4.78 is 34.3. The standard InChI is InChI=1S/C7H12O5S.Na.H/c1-3-5-7(13(9,10)11)12-6(8)4-2;;/h4,7H,2-3,5H2,1H3,(H,9,10,11);;/q;+1;-1. The third kappa shape index (κ3) is 6.56. The maximum absolute atomic E-state index is 10.6. The van der Waals surface area contributed by atoms with Gasteiger partial charge in [0.2, 0.25) is 5.44 Å². The molecule has 1 unspecified atom stereocenters. The van der Waals surface area contributed by atoms with Gasteiger partial charge in [0.1, 0.15) is 0 Å². The van der Waals surface area contributed by atoms with Crippen molar-refractivity contribution < 1.29 is 53.5 Å². The quantitative estimate of drug-likeness (QED) is 0.253. The van der Waals surface area contributed by atoms with E-state index in [1.807, 2.05) is 0 Å². The van der Waals surface area contributed by atoms with E-state index in [2.05, 4.69) is 11.3 Å². The number of ether oxygens (including phenoxy) is 1. The number of rotatable bonds is 5. The van der Waals surface area contributed by atoms with Gasteiger partial charge < -0.3 is 6.16 Å². The third-order valence-electron chi connectivity index (χ3n) is 1.27. The van der Waals surface area contributed by atoms with E-state index in [1.54, 1.807) is 6.92 Å². The predicted octanol–water partition coefficient (Wildman–Crippen LogP) is -2.15. The fraction of sp³-hybridized carbons (Fsp3) is 0.571. The number of carbonyl (C=O) groups is 1. The molecule has 0 aliphatic rings. The van der Waals surface area contributed by atoms with E-state index >= 15 is 0 Å². The molecule has 0 aromatic carbocycles. The first-order chi connectivity index (χ1) is 5.91. The maximum Gasteiger partial charge on any atom is 1.00 e. The summed E-state index contributed by atoms with van der Waals surface area (Å²) in [5.74, 6) is -0.865. The first-order valence-corrected chi connectivity index (χ1v) is 5.21. The molecule has 0 spiro atoms. The molecule has 78 valence electrons. The average Bonchev–Trinajstić information content (AvgIpc) is 2.01. The summed E-state index contributed by atoms with van der Waals surface area (Å²) in [5.41, 5.74) is -1.48. The van der Waals surface area contributed by atoms with E-state index in [0.29, 0.717) is 6.42 Å². The fourth-order valence-electron chi connectivity index (χ4n) is 0.682. The molecule has 0 fully saturated rings. The van der Waals surface area contributed by atoms with Crippen LogP contribution in [0.4, 0.5) is 0 Å². The van der Waals surface area contributed by atoms with Gasteiger partial charge in [-0.1, -0.05) is 19.9 Å². The summed E-state index contributed by atoms with van der Waals surface area (Å²) in [5, 5.41) is 0. The Morgan fingerprint density at radius 1 is 1.71 bits per heavy atom. The minimum atomic E-state index is -4.32. The molecule has 7 heteroatoms. The van der Waals surface area contributed by atoms with Crippen molar-refractivity contribution >= 4 is 16.1 Å². The topological polar surface area (TPSA) is 80.7 Å². The van der Waals surface area contributed by atoms with Crippen LogP contribution >= 0.6 is 0 Å². The first-order valence-electron chi connectivity index (χ1n) is 3.71. The van der Waals surface area contributed by atoms with Crippen LogP contribution < -0.4 is 29.6 Å². The summed E-state index contributed by atoms with van der Waals surface area (Å²) in [7, 11) is -4.32. The molecular weight excluding hydrogens is 219 g/mol. The van der Waals surface area contributed by atoms with Gasteiger partial charge >= 0.3 is 45.6 Å². The molecule has 0 amide bonds. The van der Waals surface area contributed by atoms with E-state index in [-0.39, 0.29) is 37.4 Å². The second-order valence-corrected chi connectivity index (χ2v) is 3.93. The van der Waals surface area contributed by atoms with Gasteiger partial charge in [-0.15, -0.1) is 0 Å². The third-order valence-corrected chi connectivity index (χ3v) is 2.27. The van der Waals surface area contributed by atoms with E-state index in [0.717, 1.165) is 6.08 Å². The van der Waals surface area contributed by atoms with Gasteiger partial charge in [-0.25, -0.2) is 4.79 Å². The number of carbonyl (C=O) groups excluding carboxylic acids is 1. The second kappa shape index (κ2) is 7.42. The van der Waals surface area contributed by atoms with Crippen LogP contribution in [0, 0.1) is 0 Å². The molecule has 0 rings (SSSR count). The SMILES string of the molecule is C=CC(=O)OC(CCC)S(=O)(=O)O.[H-].[Na+]. The number of hydrogen-bond donors (Lipinski definition) is 1. The van der Waals surface area contributed by atoms with E-state index in [9.17, 15) is 13.2 Å². The molecule has 0 saturated carbocycles. The van der Waals surface area contributed by atoms with E-state index < -0.39 is 21.5 Å². The molecule has 0 aliphatic carbocycles. The van der Waals surface area contributed by atoms with Crippen molar-refractivity contribution in [1.82, 2.24) is 0 Å². The van der Waals surface area contributed by atoms with Crippen LogP contribution in [-0.2, 0) is 19.6 Å². The summed E-state index contributed by atoms with van der Waals surface area (Å²) >= 11 is 0. The summed E-state index contributed by atoms with van der Waals surface area (Å²) in [6.07, 6.45) is 1.39. The van der Waals surface area contributed by atoms with Crippen molar-refractivity contribution in [1.29, 1.82) is 0 Å². The van der Waals surface area contributed by atoms with E-state index in [1.165, 1.54) is 0 Å². The van der Waals surface area contributed by atoms with Crippen LogP contribution in [0.15, 0.2) is 12.7 Å². The Morgan fingerprint density at radius 2 is 2.21 bits per heavy atom. The molecule has 1 atom stereocenters. The Morgan fingerprint density at radius 3 is 2.50 bits per heavy atom. The van der Waals surface area contributed by atoms with Gasteiger partial charge in [-0.05, 0) is 0 Å². The Balaban J connectivity index is -0.000000720. The van der Waals surface area contributed by atoms with Gasteiger partial charge in [0.25, 0.3) is 0 Å². The summed E-state index contributed by atoms with van der Waals surface area (Å²) in [6, 6.07) is 0. The minimum absolute atomic E-state index is 0. The van der Waals surface area contributed by atoms with Crippen LogP contribution in [0.25, 0.3) is 0 Å². The van der Waals surface area contributed by atoms with Crippen molar-refractivity contribution in [2.75, 3.05) is 0 Å². The predicted molar refractivity (Wildman–Crippen MR) is 47.6 cm³/mol. The van der Waals surface area contributed by atoms with Crippen LogP contribution in [0.2, 0.25) is 0 Å². The summed E-state index contributed by atoms with van der Waals surface area (Å²) in [6.45, 7) is 4.81. The molecule has 0 saturated heterocycles. The Kier molecular flexibility index (Phi) is 8.77. The second-order valence-electron chi connectivity index (χ2n) is 2.37. The minimum Gasteiger partial charge on any atom is -1.00 e. The first kappa shape index (κ1) is 16.5. The van der Waals surface area contributed by atoms with Crippen molar-refractivity contribution in [3.8, 4) is 0 Å². The van der Waals surface area contributed by atoms with Gasteiger partial charge in [0.15, 0.2) is 0 Å². The molecule has 0 heterocycles. The van der Waals surface area contributed by atoms with Gasteiger partial charge in [0, 0.05) is 12.5 Å². The Hall–Kier alpha value is 0.120. The summed E-state index contributed by atoms with van der Waals surface area (Å²) in [4.78, 5) is 10.6. The molecular formula is C7H13NaO5S. The zero-order valence-corrected chi connectivity index (χ0v) is 11.1. The van der Waals surface area contributed by atoms with Gasteiger partial charge in [-0.3, -0.25) is 4.55 Å². The monoisotopic (exact) mass is 232 g/mol. The zero-order chi connectivity index (χ0) is 10.5. The smallest absolute Gasteiger partial charge is 1.00 e. The van der Waals surface area contributed by atoms with Crippen LogP contribution in [0.3, 0.4) is 0 Å². The molecule has 1 N–H and O–H groups in total. The van der Waals surface area contributed by atoms with Crippen molar-refractivity contribution in [2.24, 2.45) is 0 Å². The molecule has 0 aliphatic heterocycles. The Labute approximate surface area is 107 Å². The maximum atomic E-state index is 10.6. The zero-order valence-electron chi connectivity index (χ0n) is 9.26. The van der Waals surface area contributed by atoms with Crippen molar-refractivity contribution in [3.05, 3.63) is 12.7 Å². The Bertz CT molecular complexity index is 290. The van der Waals surface area contributed by atoms with Crippen molar-refractivity contribution in [3.63, 3.8) is 0 Å². The van der Waals surface area contributed by atoms with Gasteiger partial charge in [-0.2, -0.15) is 8.42 Å². The van der Waals surface area contributed by atoms with E-state index in [4.69, 9.17) is 4.55 Å². The van der Waals surface area contributed by atoms with Crippen LogP contribution in [0.1, 0.15) is 21.2 Å². The molecule has 0 bridgehead atoms. The molecule has 5 nitrogen and oxygen atoms in total.